The van der Waals surface area contributed by atoms with Crippen LogP contribution in [0.2, 0.25) is 5.02 Å². The van der Waals surface area contributed by atoms with Gasteiger partial charge in [-0.3, -0.25) is 9.59 Å². The molecule has 0 aliphatic rings. The third kappa shape index (κ3) is 5.08. The summed E-state index contributed by atoms with van der Waals surface area (Å²) in [5.41, 5.74) is 0.209. The van der Waals surface area contributed by atoms with Crippen LogP contribution in [0.5, 0.6) is 5.75 Å². The third-order valence-corrected chi connectivity index (χ3v) is 3.08. The van der Waals surface area contributed by atoms with Gasteiger partial charge in [-0.25, -0.2) is 0 Å². The second kappa shape index (κ2) is 7.35. The van der Waals surface area contributed by atoms with Crippen LogP contribution in [0, 0.1) is 0 Å². The Morgan fingerprint density at radius 3 is 2.58 bits per heavy atom. The molecule has 1 aromatic rings. The molecule has 104 valence electrons. The number of rotatable bonds is 5. The number of aromatic hydroxyl groups is 1. The summed E-state index contributed by atoms with van der Waals surface area (Å²) >= 11 is 8.94. The van der Waals surface area contributed by atoms with Crippen molar-refractivity contribution in [3.05, 3.63) is 21.6 Å². The molecule has 2 amide bonds. The van der Waals surface area contributed by atoms with E-state index in [9.17, 15) is 14.7 Å². The molecule has 0 aromatic heterocycles. The van der Waals surface area contributed by atoms with E-state index in [2.05, 4.69) is 26.6 Å². The standard InChI is InChI=1S/C12H14BrClN2O3/c1-2-15-10(17)3-4-11(18)16-9-6-7(14)5-8(13)12(9)19/h5-6,19H,2-4H2,1H3,(H,15,17)(H,16,18). The van der Waals surface area contributed by atoms with Crippen LogP contribution in [-0.4, -0.2) is 23.5 Å². The molecular formula is C12H14BrClN2O3. The van der Waals surface area contributed by atoms with Gasteiger partial charge < -0.3 is 15.7 Å². The summed E-state index contributed by atoms with van der Waals surface area (Å²) in [6, 6.07) is 2.95. The molecule has 1 rings (SSSR count). The number of halogens is 2. The van der Waals surface area contributed by atoms with Crippen LogP contribution in [0.25, 0.3) is 0 Å². The lowest BCUT2D eigenvalue weighted by atomic mass is 10.2. The van der Waals surface area contributed by atoms with E-state index in [-0.39, 0.29) is 36.1 Å². The second-order valence-corrected chi connectivity index (χ2v) is 5.08. The minimum Gasteiger partial charge on any atom is -0.505 e. The maximum atomic E-state index is 11.6. The van der Waals surface area contributed by atoms with E-state index in [1.807, 2.05) is 0 Å². The molecule has 0 aliphatic carbocycles. The summed E-state index contributed by atoms with van der Waals surface area (Å²) < 4.78 is 0.388. The van der Waals surface area contributed by atoms with E-state index in [0.717, 1.165) is 0 Å². The molecular weight excluding hydrogens is 336 g/mol. The van der Waals surface area contributed by atoms with Gasteiger partial charge in [0.25, 0.3) is 0 Å². The number of benzene rings is 1. The number of phenolic OH excluding ortho intramolecular Hbond substituents is 1. The van der Waals surface area contributed by atoms with Crippen LogP contribution >= 0.6 is 27.5 Å². The van der Waals surface area contributed by atoms with Gasteiger partial charge in [-0.15, -0.1) is 0 Å². The highest BCUT2D eigenvalue weighted by atomic mass is 79.9. The number of phenols is 1. The van der Waals surface area contributed by atoms with Crippen LogP contribution in [-0.2, 0) is 9.59 Å². The van der Waals surface area contributed by atoms with Gasteiger partial charge in [0.05, 0.1) is 10.2 Å². The average Bonchev–Trinajstić information content (AvgIpc) is 2.33. The number of carbonyl (C=O) groups excluding carboxylic acids is 2. The lowest BCUT2D eigenvalue weighted by Crippen LogP contribution is -2.24. The number of carbonyl (C=O) groups is 2. The van der Waals surface area contributed by atoms with Crippen molar-refractivity contribution in [3.8, 4) is 5.75 Å². The van der Waals surface area contributed by atoms with Crippen molar-refractivity contribution in [2.75, 3.05) is 11.9 Å². The maximum Gasteiger partial charge on any atom is 0.224 e. The Balaban J connectivity index is 2.60. The smallest absolute Gasteiger partial charge is 0.224 e. The quantitative estimate of drug-likeness (QED) is 0.715. The Bertz CT molecular complexity index is 494. The summed E-state index contributed by atoms with van der Waals surface area (Å²) in [6.07, 6.45) is 0.136. The highest BCUT2D eigenvalue weighted by Gasteiger charge is 2.12. The van der Waals surface area contributed by atoms with Gasteiger partial charge in [0.1, 0.15) is 0 Å². The number of anilines is 1. The summed E-state index contributed by atoms with van der Waals surface area (Å²) in [4.78, 5) is 22.8. The number of nitrogens with one attached hydrogen (secondary N) is 2. The van der Waals surface area contributed by atoms with E-state index in [4.69, 9.17) is 11.6 Å². The molecule has 1 aromatic carbocycles. The second-order valence-electron chi connectivity index (χ2n) is 3.79. The SMILES string of the molecule is CCNC(=O)CCC(=O)Nc1cc(Cl)cc(Br)c1O. The van der Waals surface area contributed by atoms with Gasteiger partial charge >= 0.3 is 0 Å². The van der Waals surface area contributed by atoms with Crippen LogP contribution in [0.3, 0.4) is 0 Å². The number of hydrogen-bond acceptors (Lipinski definition) is 3. The first-order valence-electron chi connectivity index (χ1n) is 5.68. The highest BCUT2D eigenvalue weighted by molar-refractivity contribution is 9.10. The Hall–Kier alpha value is -1.27. The Kier molecular flexibility index (Phi) is 6.11. The fraction of sp³-hybridized carbons (Fsp3) is 0.333. The summed E-state index contributed by atoms with van der Waals surface area (Å²) in [5.74, 6) is -0.652. The zero-order valence-corrected chi connectivity index (χ0v) is 12.6. The Morgan fingerprint density at radius 2 is 1.95 bits per heavy atom. The summed E-state index contributed by atoms with van der Waals surface area (Å²) in [5, 5.41) is 15.2. The van der Waals surface area contributed by atoms with Crippen LogP contribution in [0.15, 0.2) is 16.6 Å². The topological polar surface area (TPSA) is 78.4 Å². The maximum absolute atomic E-state index is 11.6. The molecule has 0 heterocycles. The molecule has 0 unspecified atom stereocenters. The minimum absolute atomic E-state index is 0.0371. The highest BCUT2D eigenvalue weighted by Crippen LogP contribution is 2.35. The van der Waals surface area contributed by atoms with E-state index in [0.29, 0.717) is 16.0 Å². The van der Waals surface area contributed by atoms with Crippen molar-refractivity contribution in [2.45, 2.75) is 19.8 Å². The van der Waals surface area contributed by atoms with Gasteiger partial charge in [-0.05, 0) is 35.0 Å². The molecule has 0 fully saturated rings. The van der Waals surface area contributed by atoms with Gasteiger partial charge in [0.2, 0.25) is 11.8 Å². The van der Waals surface area contributed by atoms with Gasteiger partial charge in [0, 0.05) is 24.4 Å². The normalized spacial score (nSPS) is 10.1. The van der Waals surface area contributed by atoms with Crippen molar-refractivity contribution in [1.82, 2.24) is 5.32 Å². The molecule has 19 heavy (non-hydrogen) atoms. The molecule has 0 spiro atoms. The van der Waals surface area contributed by atoms with Crippen molar-refractivity contribution >= 4 is 45.0 Å². The first-order chi connectivity index (χ1) is 8.93. The van der Waals surface area contributed by atoms with Crippen LogP contribution in [0.4, 0.5) is 5.69 Å². The fourth-order valence-electron chi connectivity index (χ4n) is 1.39. The Labute approximate surface area is 124 Å². The molecule has 5 nitrogen and oxygen atoms in total. The van der Waals surface area contributed by atoms with Crippen molar-refractivity contribution in [2.24, 2.45) is 0 Å². The predicted octanol–water partition coefficient (Wildman–Crippen LogP) is 2.66. The minimum atomic E-state index is -0.365. The van der Waals surface area contributed by atoms with Crippen LogP contribution in [0.1, 0.15) is 19.8 Å². The molecule has 0 atom stereocenters. The Morgan fingerprint density at radius 1 is 1.32 bits per heavy atom. The van der Waals surface area contributed by atoms with Gasteiger partial charge in [-0.2, -0.15) is 0 Å². The monoisotopic (exact) mass is 348 g/mol. The van der Waals surface area contributed by atoms with Crippen molar-refractivity contribution in [3.63, 3.8) is 0 Å². The number of amides is 2. The summed E-state index contributed by atoms with van der Waals surface area (Å²) in [7, 11) is 0. The van der Waals surface area contributed by atoms with Crippen molar-refractivity contribution in [1.29, 1.82) is 0 Å². The van der Waals surface area contributed by atoms with Gasteiger partial charge in [0.15, 0.2) is 5.75 Å². The fourth-order valence-corrected chi connectivity index (χ4v) is 2.20. The van der Waals surface area contributed by atoms with E-state index in [1.54, 1.807) is 6.92 Å². The largest absolute Gasteiger partial charge is 0.505 e. The lowest BCUT2D eigenvalue weighted by molar-refractivity contribution is -0.124. The number of hydrogen-bond donors (Lipinski definition) is 3. The van der Waals surface area contributed by atoms with E-state index in [1.165, 1.54) is 12.1 Å². The third-order valence-electron chi connectivity index (χ3n) is 2.26. The van der Waals surface area contributed by atoms with E-state index >= 15 is 0 Å². The average molecular weight is 350 g/mol. The first-order valence-corrected chi connectivity index (χ1v) is 6.85. The predicted molar refractivity (Wildman–Crippen MR) is 77.4 cm³/mol. The lowest BCUT2D eigenvalue weighted by Gasteiger charge is -2.09. The van der Waals surface area contributed by atoms with Crippen molar-refractivity contribution < 1.29 is 14.7 Å². The zero-order valence-electron chi connectivity index (χ0n) is 10.3. The molecule has 0 bridgehead atoms. The molecule has 3 N–H and O–H groups in total. The van der Waals surface area contributed by atoms with Gasteiger partial charge in [-0.1, -0.05) is 11.6 Å². The molecule has 0 aliphatic heterocycles. The molecule has 0 radical (unpaired) electrons. The zero-order chi connectivity index (χ0) is 14.4. The van der Waals surface area contributed by atoms with E-state index < -0.39 is 0 Å². The van der Waals surface area contributed by atoms with Crippen LogP contribution < -0.4 is 10.6 Å². The summed E-state index contributed by atoms with van der Waals surface area (Å²) in [6.45, 7) is 2.34. The molecule has 7 heteroatoms. The molecule has 0 saturated carbocycles. The molecule has 0 saturated heterocycles. The first kappa shape index (κ1) is 15.8.